The van der Waals surface area contributed by atoms with Gasteiger partial charge in [-0.15, -0.1) is 0 Å². The van der Waals surface area contributed by atoms with Crippen LogP contribution in [0.2, 0.25) is 0 Å². The SMILES string of the molecule is Cc1cc(C(C)C)nn1CC(C)C. The fourth-order valence-corrected chi connectivity index (χ4v) is 1.35. The summed E-state index contributed by atoms with van der Waals surface area (Å²) in [5.41, 5.74) is 2.48. The molecule has 0 amide bonds. The Kier molecular flexibility index (Phi) is 3.12. The Bertz CT molecular complexity index is 272. The van der Waals surface area contributed by atoms with Gasteiger partial charge in [-0.3, -0.25) is 4.68 Å². The molecule has 0 bridgehead atoms. The lowest BCUT2D eigenvalue weighted by atomic mass is 10.1. The van der Waals surface area contributed by atoms with Crippen molar-refractivity contribution < 1.29 is 0 Å². The Morgan fingerprint density at radius 3 is 2.31 bits per heavy atom. The van der Waals surface area contributed by atoms with Gasteiger partial charge < -0.3 is 0 Å². The second kappa shape index (κ2) is 3.95. The van der Waals surface area contributed by atoms with E-state index in [1.54, 1.807) is 0 Å². The largest absolute Gasteiger partial charge is 0.269 e. The first-order valence-corrected chi connectivity index (χ1v) is 5.05. The molecule has 1 heterocycles. The topological polar surface area (TPSA) is 17.8 Å². The smallest absolute Gasteiger partial charge is 0.0652 e. The van der Waals surface area contributed by atoms with Crippen molar-refractivity contribution in [1.82, 2.24) is 9.78 Å². The molecule has 2 heteroatoms. The summed E-state index contributed by atoms with van der Waals surface area (Å²) in [7, 11) is 0. The van der Waals surface area contributed by atoms with E-state index in [4.69, 9.17) is 0 Å². The van der Waals surface area contributed by atoms with E-state index < -0.39 is 0 Å². The highest BCUT2D eigenvalue weighted by atomic mass is 15.3. The average molecular weight is 180 g/mol. The summed E-state index contributed by atoms with van der Waals surface area (Å²) in [6.45, 7) is 12.0. The van der Waals surface area contributed by atoms with Crippen LogP contribution >= 0.6 is 0 Å². The molecule has 1 rings (SSSR count). The number of hydrogen-bond acceptors (Lipinski definition) is 1. The van der Waals surface area contributed by atoms with Crippen molar-refractivity contribution in [1.29, 1.82) is 0 Å². The van der Waals surface area contributed by atoms with Crippen molar-refractivity contribution in [2.75, 3.05) is 0 Å². The highest BCUT2D eigenvalue weighted by molar-refractivity contribution is 5.11. The molecule has 0 radical (unpaired) electrons. The Morgan fingerprint density at radius 2 is 1.92 bits per heavy atom. The van der Waals surface area contributed by atoms with Crippen molar-refractivity contribution in [2.45, 2.75) is 47.1 Å². The van der Waals surface area contributed by atoms with Crippen LogP contribution in [0.1, 0.15) is 45.0 Å². The van der Waals surface area contributed by atoms with Crippen LogP contribution in [0.5, 0.6) is 0 Å². The number of hydrogen-bond donors (Lipinski definition) is 0. The summed E-state index contributed by atoms with van der Waals surface area (Å²) in [5.74, 6) is 1.20. The standard InChI is InChI=1S/C11H20N2/c1-8(2)7-13-10(5)6-11(12-13)9(3)4/h6,8-9H,7H2,1-5H3. The maximum atomic E-state index is 4.57. The zero-order chi connectivity index (χ0) is 10.0. The molecule has 0 aliphatic carbocycles. The summed E-state index contributed by atoms with van der Waals surface area (Å²) >= 11 is 0. The van der Waals surface area contributed by atoms with Gasteiger partial charge in [0.1, 0.15) is 0 Å². The minimum absolute atomic E-state index is 0.534. The lowest BCUT2D eigenvalue weighted by Crippen LogP contribution is -2.08. The predicted octanol–water partition coefficient (Wildman–Crippen LogP) is 2.97. The highest BCUT2D eigenvalue weighted by Gasteiger charge is 2.07. The average Bonchev–Trinajstić information content (AvgIpc) is 2.31. The molecule has 1 aromatic heterocycles. The molecule has 0 aromatic carbocycles. The van der Waals surface area contributed by atoms with Gasteiger partial charge in [0.2, 0.25) is 0 Å². The maximum absolute atomic E-state index is 4.57. The molecular weight excluding hydrogens is 160 g/mol. The Balaban J connectivity index is 2.83. The molecule has 13 heavy (non-hydrogen) atoms. The summed E-state index contributed by atoms with van der Waals surface area (Å²) in [6, 6.07) is 2.19. The van der Waals surface area contributed by atoms with Gasteiger partial charge in [0.15, 0.2) is 0 Å². The zero-order valence-corrected chi connectivity index (χ0v) is 9.33. The van der Waals surface area contributed by atoms with Crippen molar-refractivity contribution >= 4 is 0 Å². The number of rotatable bonds is 3. The third-order valence-electron chi connectivity index (χ3n) is 2.13. The Hall–Kier alpha value is -0.790. The fraction of sp³-hybridized carbons (Fsp3) is 0.727. The lowest BCUT2D eigenvalue weighted by Gasteiger charge is -2.06. The first-order valence-electron chi connectivity index (χ1n) is 5.05. The van der Waals surface area contributed by atoms with Crippen LogP contribution in [0, 0.1) is 12.8 Å². The van der Waals surface area contributed by atoms with Crippen LogP contribution in [0.15, 0.2) is 6.07 Å². The minimum Gasteiger partial charge on any atom is -0.269 e. The van der Waals surface area contributed by atoms with E-state index in [2.05, 4.69) is 50.5 Å². The van der Waals surface area contributed by atoms with Gasteiger partial charge in [0.05, 0.1) is 5.69 Å². The van der Waals surface area contributed by atoms with Gasteiger partial charge in [0, 0.05) is 12.2 Å². The molecular formula is C11H20N2. The zero-order valence-electron chi connectivity index (χ0n) is 9.33. The highest BCUT2D eigenvalue weighted by Crippen LogP contribution is 2.14. The van der Waals surface area contributed by atoms with Gasteiger partial charge in [0.25, 0.3) is 0 Å². The van der Waals surface area contributed by atoms with E-state index in [-0.39, 0.29) is 0 Å². The van der Waals surface area contributed by atoms with Crippen molar-refractivity contribution in [3.05, 3.63) is 17.5 Å². The van der Waals surface area contributed by atoms with Crippen LogP contribution in [0.25, 0.3) is 0 Å². The lowest BCUT2D eigenvalue weighted by molar-refractivity contribution is 0.470. The molecule has 0 aliphatic heterocycles. The summed E-state index contributed by atoms with van der Waals surface area (Å²) in [6.07, 6.45) is 0. The van der Waals surface area contributed by atoms with Gasteiger partial charge in [-0.2, -0.15) is 5.10 Å². The molecule has 0 aliphatic rings. The molecule has 1 aromatic rings. The van der Waals surface area contributed by atoms with Crippen LogP contribution < -0.4 is 0 Å². The second-order valence-electron chi connectivity index (χ2n) is 4.44. The second-order valence-corrected chi connectivity index (χ2v) is 4.44. The molecule has 74 valence electrons. The molecule has 0 saturated heterocycles. The van der Waals surface area contributed by atoms with Crippen molar-refractivity contribution in [3.8, 4) is 0 Å². The van der Waals surface area contributed by atoms with Crippen molar-refractivity contribution in [3.63, 3.8) is 0 Å². The van der Waals surface area contributed by atoms with E-state index in [0.717, 1.165) is 6.54 Å². The number of aryl methyl sites for hydroxylation is 1. The monoisotopic (exact) mass is 180 g/mol. The summed E-state index contributed by atoms with van der Waals surface area (Å²) in [5, 5.41) is 4.57. The predicted molar refractivity (Wildman–Crippen MR) is 55.9 cm³/mol. The molecule has 0 saturated carbocycles. The van der Waals surface area contributed by atoms with E-state index in [0.29, 0.717) is 11.8 Å². The van der Waals surface area contributed by atoms with E-state index >= 15 is 0 Å². The Morgan fingerprint density at radius 1 is 1.31 bits per heavy atom. The van der Waals surface area contributed by atoms with E-state index in [9.17, 15) is 0 Å². The van der Waals surface area contributed by atoms with Crippen LogP contribution in [-0.4, -0.2) is 9.78 Å². The fourth-order valence-electron chi connectivity index (χ4n) is 1.35. The van der Waals surface area contributed by atoms with E-state index in [1.807, 2.05) is 0 Å². The third kappa shape index (κ3) is 2.58. The molecule has 0 spiro atoms. The Labute approximate surface area is 81.0 Å². The first-order chi connectivity index (χ1) is 6.00. The number of aromatic nitrogens is 2. The molecule has 2 nitrogen and oxygen atoms in total. The van der Waals surface area contributed by atoms with Gasteiger partial charge in [-0.05, 0) is 24.8 Å². The van der Waals surface area contributed by atoms with Crippen LogP contribution in [-0.2, 0) is 6.54 Å². The van der Waals surface area contributed by atoms with Crippen LogP contribution in [0.3, 0.4) is 0 Å². The molecule has 0 fully saturated rings. The molecule has 0 unspecified atom stereocenters. The summed E-state index contributed by atoms with van der Waals surface area (Å²) < 4.78 is 2.11. The normalized spacial score (nSPS) is 11.6. The van der Waals surface area contributed by atoms with Crippen molar-refractivity contribution in [2.24, 2.45) is 5.92 Å². The van der Waals surface area contributed by atoms with Crippen LogP contribution in [0.4, 0.5) is 0 Å². The maximum Gasteiger partial charge on any atom is 0.0652 e. The third-order valence-corrected chi connectivity index (χ3v) is 2.13. The summed E-state index contributed by atoms with van der Waals surface area (Å²) in [4.78, 5) is 0. The van der Waals surface area contributed by atoms with Gasteiger partial charge >= 0.3 is 0 Å². The van der Waals surface area contributed by atoms with E-state index in [1.165, 1.54) is 11.4 Å². The quantitative estimate of drug-likeness (QED) is 0.699. The molecule has 0 atom stereocenters. The van der Waals surface area contributed by atoms with Gasteiger partial charge in [-0.1, -0.05) is 27.7 Å². The first kappa shape index (κ1) is 10.3. The minimum atomic E-state index is 0.534. The molecule has 0 N–H and O–H groups in total. The number of nitrogens with zero attached hydrogens (tertiary/aromatic N) is 2. The van der Waals surface area contributed by atoms with Gasteiger partial charge in [-0.25, -0.2) is 0 Å².